The first kappa shape index (κ1) is 22.3. The van der Waals surface area contributed by atoms with Crippen molar-refractivity contribution in [3.8, 4) is 5.75 Å². The van der Waals surface area contributed by atoms with Gasteiger partial charge in [0.15, 0.2) is 11.6 Å². The van der Waals surface area contributed by atoms with E-state index < -0.39 is 23.7 Å². The average molecular weight is 440 g/mol. The summed E-state index contributed by atoms with van der Waals surface area (Å²) in [5.41, 5.74) is 0.820. The van der Waals surface area contributed by atoms with Gasteiger partial charge in [0, 0.05) is 5.39 Å². The Morgan fingerprint density at radius 1 is 0.903 bits per heavy atom. The first-order valence-electron chi connectivity index (χ1n) is 11.4. The molecule has 6 heteroatoms. The van der Waals surface area contributed by atoms with Gasteiger partial charge < -0.3 is 4.74 Å². The van der Waals surface area contributed by atoms with Gasteiger partial charge in [0.1, 0.15) is 5.82 Å². The van der Waals surface area contributed by atoms with E-state index in [-0.39, 0.29) is 16.7 Å². The molecule has 0 aromatic heterocycles. The molecule has 1 nitrogen and oxygen atoms in total. The number of hydrogen-bond donors (Lipinski definition) is 0. The first-order valence-corrected chi connectivity index (χ1v) is 11.4. The van der Waals surface area contributed by atoms with Gasteiger partial charge in [-0.15, -0.1) is 13.2 Å². The lowest BCUT2D eigenvalue weighted by atomic mass is 9.63. The standard InChI is InChI=1S/C25H29F5O/c1-2-3-4-15-5-6-17-10-18(8-7-16(17)9-15)19-11-20-13-23(27)24(31-25(28,29)30)14-21(20)22(26)12-19/h11-18H,2-10H2,1H3. The molecule has 0 N–H and O–H groups in total. The Morgan fingerprint density at radius 3 is 2.39 bits per heavy atom. The Morgan fingerprint density at radius 2 is 1.65 bits per heavy atom. The zero-order chi connectivity index (χ0) is 22.2. The fraction of sp³-hybridized carbons (Fsp3) is 0.600. The minimum atomic E-state index is -5.03. The van der Waals surface area contributed by atoms with Crippen LogP contribution in [-0.2, 0) is 0 Å². The van der Waals surface area contributed by atoms with Gasteiger partial charge in [-0.05, 0) is 84.9 Å². The van der Waals surface area contributed by atoms with E-state index in [1.165, 1.54) is 44.6 Å². The van der Waals surface area contributed by atoms with E-state index in [0.717, 1.165) is 48.8 Å². The minimum absolute atomic E-state index is 0.0606. The second-order valence-corrected chi connectivity index (χ2v) is 9.41. The van der Waals surface area contributed by atoms with Crippen LogP contribution in [0.1, 0.15) is 76.2 Å². The molecule has 0 aliphatic heterocycles. The van der Waals surface area contributed by atoms with Crippen LogP contribution in [0.5, 0.6) is 5.75 Å². The quantitative estimate of drug-likeness (QED) is 0.424. The molecule has 2 aliphatic carbocycles. The molecule has 4 rings (SSSR count). The number of halogens is 5. The Balaban J connectivity index is 1.51. The van der Waals surface area contributed by atoms with Crippen LogP contribution in [0.2, 0.25) is 0 Å². The van der Waals surface area contributed by atoms with E-state index in [1.54, 1.807) is 6.07 Å². The fourth-order valence-corrected chi connectivity index (χ4v) is 5.82. The van der Waals surface area contributed by atoms with E-state index >= 15 is 0 Å². The van der Waals surface area contributed by atoms with Crippen molar-refractivity contribution >= 4 is 10.8 Å². The van der Waals surface area contributed by atoms with Crippen molar-refractivity contribution in [2.45, 2.75) is 77.0 Å². The Bertz CT molecular complexity index is 922. The molecule has 2 aliphatic rings. The van der Waals surface area contributed by atoms with Crippen LogP contribution >= 0.6 is 0 Å². The lowest BCUT2D eigenvalue weighted by molar-refractivity contribution is -0.275. The highest BCUT2D eigenvalue weighted by molar-refractivity contribution is 5.85. The maximum Gasteiger partial charge on any atom is 0.573 e. The molecule has 2 saturated carbocycles. The summed E-state index contributed by atoms with van der Waals surface area (Å²) in [7, 11) is 0. The molecular formula is C25H29F5O. The van der Waals surface area contributed by atoms with Crippen LogP contribution in [0.3, 0.4) is 0 Å². The number of benzene rings is 2. The summed E-state index contributed by atoms with van der Waals surface area (Å²) >= 11 is 0. The Kier molecular flexibility index (Phi) is 6.45. The van der Waals surface area contributed by atoms with E-state index in [0.29, 0.717) is 5.92 Å². The van der Waals surface area contributed by atoms with E-state index in [9.17, 15) is 22.0 Å². The summed E-state index contributed by atoms with van der Waals surface area (Å²) in [5.74, 6) is -0.341. The van der Waals surface area contributed by atoms with Crippen molar-refractivity contribution in [1.29, 1.82) is 0 Å². The molecule has 31 heavy (non-hydrogen) atoms. The topological polar surface area (TPSA) is 9.23 Å². The number of fused-ring (bicyclic) bond motifs is 2. The number of unbranched alkanes of at least 4 members (excludes halogenated alkanes) is 1. The number of rotatable bonds is 5. The summed E-state index contributed by atoms with van der Waals surface area (Å²) in [6.45, 7) is 2.23. The van der Waals surface area contributed by atoms with Crippen LogP contribution in [0.4, 0.5) is 22.0 Å². The van der Waals surface area contributed by atoms with E-state index in [1.807, 2.05) is 0 Å². The number of hydrogen-bond acceptors (Lipinski definition) is 1. The molecule has 0 heterocycles. The van der Waals surface area contributed by atoms with Crippen molar-refractivity contribution in [2.75, 3.05) is 0 Å². The monoisotopic (exact) mass is 440 g/mol. The molecule has 170 valence electrons. The van der Waals surface area contributed by atoms with Crippen LogP contribution in [0.15, 0.2) is 24.3 Å². The van der Waals surface area contributed by atoms with Crippen molar-refractivity contribution in [2.24, 2.45) is 17.8 Å². The number of alkyl halides is 3. The first-order chi connectivity index (χ1) is 14.7. The average Bonchev–Trinajstić information content (AvgIpc) is 2.71. The summed E-state index contributed by atoms with van der Waals surface area (Å²) in [6.07, 6.45) is 5.74. The molecule has 0 saturated heterocycles. The van der Waals surface area contributed by atoms with Crippen molar-refractivity contribution < 1.29 is 26.7 Å². The highest BCUT2D eigenvalue weighted by Crippen LogP contribution is 2.49. The highest BCUT2D eigenvalue weighted by atomic mass is 19.4. The van der Waals surface area contributed by atoms with E-state index in [4.69, 9.17) is 0 Å². The molecule has 4 atom stereocenters. The molecule has 2 aromatic rings. The highest BCUT2D eigenvalue weighted by Gasteiger charge is 2.36. The van der Waals surface area contributed by atoms with Crippen molar-refractivity contribution in [1.82, 2.24) is 0 Å². The van der Waals surface area contributed by atoms with Crippen LogP contribution in [-0.4, -0.2) is 6.36 Å². The Hall–Kier alpha value is -1.85. The van der Waals surface area contributed by atoms with Gasteiger partial charge in [-0.1, -0.05) is 38.7 Å². The largest absolute Gasteiger partial charge is 0.573 e. The molecule has 0 bridgehead atoms. The molecule has 4 unspecified atom stereocenters. The smallest absolute Gasteiger partial charge is 0.403 e. The third-order valence-electron chi connectivity index (χ3n) is 7.36. The molecular weight excluding hydrogens is 411 g/mol. The third kappa shape index (κ3) is 5.15. The van der Waals surface area contributed by atoms with Crippen LogP contribution in [0, 0.1) is 29.4 Å². The van der Waals surface area contributed by atoms with E-state index in [2.05, 4.69) is 11.7 Å². The van der Waals surface area contributed by atoms with Gasteiger partial charge in [0.05, 0.1) is 0 Å². The SMILES string of the molecule is CCCCC1CCC2CC(c3cc(F)c4cc(OC(F)(F)F)c(F)cc4c3)CCC2C1. The summed E-state index contributed by atoms with van der Waals surface area (Å²) in [6, 6.07) is 4.88. The number of ether oxygens (including phenoxy) is 1. The van der Waals surface area contributed by atoms with Gasteiger partial charge in [-0.25, -0.2) is 8.78 Å². The van der Waals surface area contributed by atoms with Crippen LogP contribution < -0.4 is 4.74 Å². The van der Waals surface area contributed by atoms with Crippen molar-refractivity contribution in [3.05, 3.63) is 41.5 Å². The molecule has 0 amide bonds. The minimum Gasteiger partial charge on any atom is -0.403 e. The molecule has 0 spiro atoms. The summed E-state index contributed by atoms with van der Waals surface area (Å²) in [5, 5.41) is 0.210. The van der Waals surface area contributed by atoms with Crippen LogP contribution in [0.25, 0.3) is 10.8 Å². The predicted octanol–water partition coefficient (Wildman–Crippen LogP) is 8.51. The lowest BCUT2D eigenvalue weighted by Gasteiger charge is -2.42. The predicted molar refractivity (Wildman–Crippen MR) is 111 cm³/mol. The van der Waals surface area contributed by atoms with Gasteiger partial charge in [-0.3, -0.25) is 0 Å². The fourth-order valence-electron chi connectivity index (χ4n) is 5.82. The summed E-state index contributed by atoms with van der Waals surface area (Å²) < 4.78 is 70.0. The van der Waals surface area contributed by atoms with Gasteiger partial charge in [0.25, 0.3) is 0 Å². The molecule has 2 fully saturated rings. The maximum atomic E-state index is 14.8. The normalized spacial score (nSPS) is 26.6. The second-order valence-electron chi connectivity index (χ2n) is 9.41. The lowest BCUT2D eigenvalue weighted by Crippen LogP contribution is -2.30. The second kappa shape index (κ2) is 8.95. The van der Waals surface area contributed by atoms with Gasteiger partial charge in [0.2, 0.25) is 0 Å². The maximum absolute atomic E-state index is 14.8. The Labute approximate surface area is 180 Å². The van der Waals surface area contributed by atoms with Crippen molar-refractivity contribution in [3.63, 3.8) is 0 Å². The third-order valence-corrected chi connectivity index (χ3v) is 7.36. The molecule has 0 radical (unpaired) electrons. The van der Waals surface area contributed by atoms with Gasteiger partial charge >= 0.3 is 6.36 Å². The van der Waals surface area contributed by atoms with Gasteiger partial charge in [-0.2, -0.15) is 0 Å². The molecule has 2 aromatic carbocycles. The summed E-state index contributed by atoms with van der Waals surface area (Å²) in [4.78, 5) is 0. The zero-order valence-electron chi connectivity index (χ0n) is 17.8. The zero-order valence-corrected chi connectivity index (χ0v) is 17.8.